The molecular weight excluding hydrogens is 230 g/mol. The van der Waals surface area contributed by atoms with Crippen molar-refractivity contribution in [2.24, 2.45) is 0 Å². The van der Waals surface area contributed by atoms with E-state index in [1.54, 1.807) is 6.08 Å². The standard InChI is InChI=1S/C10H9NO4S/c1-6(12)15-8-3-2-4-9-7(8)5-10(16-9)11(13)14/h3,5H,2,4H2,1H3. The Morgan fingerprint density at radius 2 is 2.38 bits per heavy atom. The molecule has 1 aliphatic rings. The summed E-state index contributed by atoms with van der Waals surface area (Å²) in [5.74, 6) is 0.0334. The zero-order valence-electron chi connectivity index (χ0n) is 8.56. The van der Waals surface area contributed by atoms with Gasteiger partial charge in [0.2, 0.25) is 0 Å². The fourth-order valence-corrected chi connectivity index (χ4v) is 2.59. The fraction of sp³-hybridized carbons (Fsp3) is 0.300. The predicted molar refractivity (Wildman–Crippen MR) is 59.0 cm³/mol. The molecule has 1 aliphatic carbocycles. The number of ether oxygens (including phenoxy) is 1. The van der Waals surface area contributed by atoms with Gasteiger partial charge in [-0.05, 0) is 18.9 Å². The lowest BCUT2D eigenvalue weighted by molar-refractivity contribution is -0.380. The average Bonchev–Trinajstić information content (AvgIpc) is 2.61. The molecule has 1 aromatic heterocycles. The number of fused-ring (bicyclic) bond motifs is 1. The van der Waals surface area contributed by atoms with Gasteiger partial charge in [-0.15, -0.1) is 0 Å². The van der Waals surface area contributed by atoms with E-state index in [9.17, 15) is 14.9 Å². The van der Waals surface area contributed by atoms with Crippen molar-refractivity contribution in [3.63, 3.8) is 0 Å². The van der Waals surface area contributed by atoms with Crippen LogP contribution < -0.4 is 0 Å². The van der Waals surface area contributed by atoms with Crippen LogP contribution in [0.15, 0.2) is 12.1 Å². The molecule has 84 valence electrons. The largest absolute Gasteiger partial charge is 0.426 e. The van der Waals surface area contributed by atoms with Crippen molar-refractivity contribution in [1.29, 1.82) is 0 Å². The molecule has 1 aromatic rings. The highest BCUT2D eigenvalue weighted by Crippen LogP contribution is 2.37. The first-order chi connectivity index (χ1) is 7.58. The van der Waals surface area contributed by atoms with Crippen LogP contribution in [0.5, 0.6) is 0 Å². The van der Waals surface area contributed by atoms with Gasteiger partial charge in [0.15, 0.2) is 0 Å². The van der Waals surface area contributed by atoms with Crippen LogP contribution in [0.25, 0.3) is 5.76 Å². The SMILES string of the molecule is CC(=O)OC1=CCCc2sc([N+](=O)[O-])cc21. The maximum Gasteiger partial charge on any atom is 0.325 e. The van der Waals surface area contributed by atoms with Crippen LogP contribution in [0.3, 0.4) is 0 Å². The van der Waals surface area contributed by atoms with Crippen LogP contribution in [0.1, 0.15) is 23.8 Å². The van der Waals surface area contributed by atoms with Crippen LogP contribution in [-0.4, -0.2) is 10.9 Å². The van der Waals surface area contributed by atoms with Crippen LogP contribution in [0.2, 0.25) is 0 Å². The van der Waals surface area contributed by atoms with E-state index in [1.807, 2.05) is 0 Å². The Bertz CT molecular complexity index is 489. The first-order valence-electron chi connectivity index (χ1n) is 4.74. The second kappa shape index (κ2) is 4.05. The Labute approximate surface area is 95.5 Å². The van der Waals surface area contributed by atoms with E-state index in [0.717, 1.165) is 29.1 Å². The van der Waals surface area contributed by atoms with Crippen molar-refractivity contribution in [3.05, 3.63) is 32.7 Å². The lowest BCUT2D eigenvalue weighted by Gasteiger charge is -2.11. The molecule has 0 aliphatic heterocycles. The molecule has 0 spiro atoms. The highest BCUT2D eigenvalue weighted by molar-refractivity contribution is 7.15. The second-order valence-corrected chi connectivity index (χ2v) is 4.49. The second-order valence-electron chi connectivity index (χ2n) is 3.38. The molecule has 0 N–H and O–H groups in total. The van der Waals surface area contributed by atoms with Crippen molar-refractivity contribution >= 4 is 28.1 Å². The summed E-state index contributed by atoms with van der Waals surface area (Å²) in [7, 11) is 0. The van der Waals surface area contributed by atoms with Crippen LogP contribution >= 0.6 is 11.3 Å². The summed E-state index contributed by atoms with van der Waals surface area (Å²) in [6.07, 6.45) is 3.30. The Morgan fingerprint density at radius 3 is 3.00 bits per heavy atom. The van der Waals surface area contributed by atoms with E-state index in [1.165, 1.54) is 13.0 Å². The highest BCUT2D eigenvalue weighted by atomic mass is 32.1. The lowest BCUT2D eigenvalue weighted by atomic mass is 10.1. The highest BCUT2D eigenvalue weighted by Gasteiger charge is 2.23. The van der Waals surface area contributed by atoms with Gasteiger partial charge in [-0.2, -0.15) is 0 Å². The van der Waals surface area contributed by atoms with E-state index in [-0.39, 0.29) is 5.00 Å². The molecule has 2 rings (SSSR count). The molecule has 0 aromatic carbocycles. The molecular formula is C10H9NO4S. The number of nitro groups is 1. The number of hydrogen-bond donors (Lipinski definition) is 0. The van der Waals surface area contributed by atoms with Gasteiger partial charge in [0.25, 0.3) is 0 Å². The summed E-state index contributed by atoms with van der Waals surface area (Å²) in [5, 5.41) is 10.7. The van der Waals surface area contributed by atoms with Gasteiger partial charge in [0, 0.05) is 23.4 Å². The topological polar surface area (TPSA) is 69.4 Å². The monoisotopic (exact) mass is 239 g/mol. The number of nitrogens with zero attached hydrogens (tertiary/aromatic N) is 1. The van der Waals surface area contributed by atoms with Gasteiger partial charge in [0.05, 0.1) is 4.92 Å². The van der Waals surface area contributed by atoms with Gasteiger partial charge >= 0.3 is 11.0 Å². The maximum atomic E-state index is 10.9. The van der Waals surface area contributed by atoms with E-state index in [2.05, 4.69) is 0 Å². The normalized spacial score (nSPS) is 13.9. The minimum Gasteiger partial charge on any atom is -0.426 e. The number of carbonyl (C=O) groups is 1. The number of allylic oxidation sites excluding steroid dienone is 1. The predicted octanol–water partition coefficient (Wildman–Crippen LogP) is 2.51. The van der Waals surface area contributed by atoms with Crippen LogP contribution in [0.4, 0.5) is 5.00 Å². The molecule has 5 nitrogen and oxygen atoms in total. The minimum atomic E-state index is -0.422. The van der Waals surface area contributed by atoms with Crippen molar-refractivity contribution in [2.45, 2.75) is 19.8 Å². The van der Waals surface area contributed by atoms with Crippen LogP contribution in [0, 0.1) is 10.1 Å². The van der Waals surface area contributed by atoms with Crippen molar-refractivity contribution < 1.29 is 14.5 Å². The zero-order valence-corrected chi connectivity index (χ0v) is 9.37. The third-order valence-corrected chi connectivity index (χ3v) is 3.34. The maximum absolute atomic E-state index is 10.9. The van der Waals surface area contributed by atoms with Crippen molar-refractivity contribution in [3.8, 4) is 0 Å². The Balaban J connectivity index is 2.37. The minimum absolute atomic E-state index is 0.0879. The van der Waals surface area contributed by atoms with Gasteiger partial charge in [0.1, 0.15) is 5.76 Å². The fourth-order valence-electron chi connectivity index (χ4n) is 1.59. The summed E-state index contributed by atoms with van der Waals surface area (Å²) in [4.78, 5) is 22.0. The zero-order chi connectivity index (χ0) is 11.7. The van der Waals surface area contributed by atoms with Crippen LogP contribution in [-0.2, 0) is 16.0 Å². The van der Waals surface area contributed by atoms with E-state index < -0.39 is 10.9 Å². The number of carbonyl (C=O) groups excluding carboxylic acids is 1. The van der Waals surface area contributed by atoms with Gasteiger partial charge in [-0.25, -0.2) is 0 Å². The number of thiophene rings is 1. The number of esters is 1. The molecule has 0 unspecified atom stereocenters. The first-order valence-corrected chi connectivity index (χ1v) is 5.55. The summed E-state index contributed by atoms with van der Waals surface area (Å²) >= 11 is 1.14. The lowest BCUT2D eigenvalue weighted by Crippen LogP contribution is -2.02. The molecule has 0 atom stereocenters. The molecule has 0 saturated heterocycles. The number of aryl methyl sites for hydroxylation is 1. The van der Waals surface area contributed by atoms with Crippen molar-refractivity contribution in [1.82, 2.24) is 0 Å². The third kappa shape index (κ3) is 1.96. The molecule has 0 saturated carbocycles. The van der Waals surface area contributed by atoms with Gasteiger partial charge in [-0.3, -0.25) is 14.9 Å². The molecule has 0 fully saturated rings. The first kappa shape index (κ1) is 10.8. The Hall–Kier alpha value is -1.69. The number of hydrogen-bond acceptors (Lipinski definition) is 5. The smallest absolute Gasteiger partial charge is 0.325 e. The molecule has 16 heavy (non-hydrogen) atoms. The van der Waals surface area contributed by atoms with Crippen molar-refractivity contribution in [2.75, 3.05) is 0 Å². The van der Waals surface area contributed by atoms with E-state index in [4.69, 9.17) is 4.74 Å². The van der Waals surface area contributed by atoms with Gasteiger partial charge in [-0.1, -0.05) is 11.3 Å². The average molecular weight is 239 g/mol. The molecule has 0 amide bonds. The van der Waals surface area contributed by atoms with E-state index in [0.29, 0.717) is 11.3 Å². The molecule has 0 radical (unpaired) electrons. The van der Waals surface area contributed by atoms with E-state index >= 15 is 0 Å². The summed E-state index contributed by atoms with van der Waals surface area (Å²) in [5.41, 5.74) is 0.679. The molecule has 6 heteroatoms. The van der Waals surface area contributed by atoms with Gasteiger partial charge < -0.3 is 4.74 Å². The summed E-state index contributed by atoms with van der Waals surface area (Å²) in [6, 6.07) is 1.47. The summed E-state index contributed by atoms with van der Waals surface area (Å²) < 4.78 is 5.02. The third-order valence-electron chi connectivity index (χ3n) is 2.20. The molecule has 0 bridgehead atoms. The quantitative estimate of drug-likeness (QED) is 0.451. The Morgan fingerprint density at radius 1 is 1.62 bits per heavy atom. The Kier molecular flexibility index (Phi) is 2.74. The number of rotatable bonds is 2. The molecule has 1 heterocycles. The summed E-state index contributed by atoms with van der Waals surface area (Å²) in [6.45, 7) is 1.32.